The van der Waals surface area contributed by atoms with Gasteiger partial charge in [-0.2, -0.15) is 16.8 Å². The van der Waals surface area contributed by atoms with Gasteiger partial charge >= 0.3 is 0 Å². The molecule has 4 aliphatic rings. The summed E-state index contributed by atoms with van der Waals surface area (Å²) < 4.78 is 136. The molecule has 0 atom stereocenters. The maximum absolute atomic E-state index is 11.6. The topological polar surface area (TPSA) is 260 Å². The first kappa shape index (κ1) is 61.1. The van der Waals surface area contributed by atoms with E-state index in [1.54, 1.807) is 0 Å². The summed E-state index contributed by atoms with van der Waals surface area (Å²) in [5, 5.41) is 8.65. The van der Waals surface area contributed by atoms with E-state index >= 15 is 0 Å². The molecule has 4 saturated heterocycles. The third-order valence-electron chi connectivity index (χ3n) is 13.1. The summed E-state index contributed by atoms with van der Waals surface area (Å²) in [6.45, 7) is 10.7. The van der Waals surface area contributed by atoms with E-state index in [9.17, 15) is 33.7 Å². The first-order valence-corrected chi connectivity index (χ1v) is 32.7. The third-order valence-corrected chi connectivity index (χ3v) is 17.7. The fourth-order valence-corrected chi connectivity index (χ4v) is 12.1. The van der Waals surface area contributed by atoms with E-state index in [1.807, 2.05) is 85.8 Å². The van der Waals surface area contributed by atoms with E-state index in [4.69, 9.17) is 37.9 Å². The Kier molecular flexibility index (Phi) is 23.6. The van der Waals surface area contributed by atoms with Gasteiger partial charge in [-0.1, -0.05) is 6.07 Å². The lowest BCUT2D eigenvalue weighted by atomic mass is 10.1. The fourth-order valence-electron chi connectivity index (χ4n) is 8.75. The van der Waals surface area contributed by atoms with Crippen molar-refractivity contribution < 1.29 is 71.6 Å². The number of hydrogen-bond donors (Lipinski definition) is 3. The predicted molar refractivity (Wildman–Crippen MR) is 300 cm³/mol. The highest BCUT2D eigenvalue weighted by Crippen LogP contribution is 2.31. The lowest BCUT2D eigenvalue weighted by Gasteiger charge is -2.30. The summed E-state index contributed by atoms with van der Waals surface area (Å²) in [4.78, 5) is 10.3. The number of anilines is 4. The summed E-state index contributed by atoms with van der Waals surface area (Å²) in [6, 6.07) is 29.4. The molecule has 4 heterocycles. The van der Waals surface area contributed by atoms with Crippen LogP contribution in [0.4, 0.5) is 22.7 Å². The van der Waals surface area contributed by atoms with E-state index in [0.29, 0.717) is 64.1 Å². The number of aryl methyl sites for hydroxylation is 1. The van der Waals surface area contributed by atoms with Crippen molar-refractivity contribution in [2.75, 3.05) is 172 Å². The van der Waals surface area contributed by atoms with Gasteiger partial charge in [0.1, 0.15) is 49.4 Å². The largest absolute Gasteiger partial charge is 0.491 e. The van der Waals surface area contributed by atoms with Crippen LogP contribution in [0.5, 0.6) is 23.0 Å². The van der Waals surface area contributed by atoms with Crippen LogP contribution in [0.3, 0.4) is 0 Å². The monoisotopic (exact) mass is 1150 g/mol. The molecule has 8 rings (SSSR count). The van der Waals surface area contributed by atoms with Gasteiger partial charge in [0, 0.05) is 89.1 Å². The molecule has 4 fully saturated rings. The molecule has 428 valence electrons. The van der Waals surface area contributed by atoms with Crippen molar-refractivity contribution in [2.45, 2.75) is 26.2 Å². The molecular weight excluding hydrogens is 1080 g/mol. The van der Waals surface area contributed by atoms with Crippen molar-refractivity contribution in [3.8, 4) is 23.0 Å². The summed E-state index contributed by atoms with van der Waals surface area (Å²) in [5.41, 5.74) is 5.32. The standard InChI is InChI=1S/C23H30N2O4S.C17H28N2O8S2.C12H17NO4S/c26-30(27)18-14-25(15-19-30)21-6-10-23(11-7-21)29-17-16-28-22-8-4-20(5-9-22)24-12-2-1-3-13-24;1-15-2-3-17(16(14-15)19-5-9-26-10-6-19)27-11-4-18(7-12-28(20,21)22)8-13-29(23,24)25;14-7-8-17-12-3-1-11(2-4-12)13-5-9-18(15,16)10-6-13/h4-11H,1-3,12-19H2;2-3,14H,4-13H2,1H3,(H,20,21,22)(H,23,24,25);1-4,14H,5-10H2. The molecule has 0 aromatic heterocycles. The average molecular weight is 1150 g/mol. The molecule has 21 nitrogen and oxygen atoms in total. The molecule has 25 heteroatoms. The highest BCUT2D eigenvalue weighted by molar-refractivity contribution is 7.91. The van der Waals surface area contributed by atoms with Crippen LogP contribution < -0.4 is 38.5 Å². The molecule has 0 bridgehead atoms. The number of piperidine rings is 1. The lowest BCUT2D eigenvalue weighted by molar-refractivity contribution is 0.122. The number of aliphatic hydroxyl groups excluding tert-OH is 1. The Labute approximate surface area is 454 Å². The van der Waals surface area contributed by atoms with Crippen molar-refractivity contribution in [2.24, 2.45) is 0 Å². The van der Waals surface area contributed by atoms with Crippen LogP contribution in [0, 0.1) is 6.92 Å². The van der Waals surface area contributed by atoms with E-state index in [1.165, 1.54) is 29.8 Å². The number of aliphatic hydroxyl groups is 1. The highest BCUT2D eigenvalue weighted by atomic mass is 32.2. The van der Waals surface area contributed by atoms with Crippen LogP contribution in [0.25, 0.3) is 0 Å². The number of nitrogens with zero attached hydrogens (tertiary/aromatic N) is 5. The predicted octanol–water partition coefficient (Wildman–Crippen LogP) is 3.95. The van der Waals surface area contributed by atoms with Crippen LogP contribution >= 0.6 is 0 Å². The zero-order chi connectivity index (χ0) is 55.3. The van der Waals surface area contributed by atoms with Crippen molar-refractivity contribution in [1.82, 2.24) is 4.90 Å². The molecular formula is C52H75N5O16S4. The quantitative estimate of drug-likeness (QED) is 0.0743. The molecule has 4 aromatic rings. The molecule has 3 N–H and O–H groups in total. The van der Waals surface area contributed by atoms with Crippen molar-refractivity contribution in [3.63, 3.8) is 0 Å². The normalized spacial score (nSPS) is 17.6. The second-order valence-corrected chi connectivity index (χ2v) is 26.7. The Morgan fingerprint density at radius 2 is 0.922 bits per heavy atom. The third kappa shape index (κ3) is 22.3. The number of morpholine rings is 1. The summed E-state index contributed by atoms with van der Waals surface area (Å²) in [6.07, 6.45) is 3.88. The summed E-state index contributed by atoms with van der Waals surface area (Å²) in [5.74, 6) is 2.82. The first-order chi connectivity index (χ1) is 36.7. The summed E-state index contributed by atoms with van der Waals surface area (Å²) >= 11 is 0. The van der Waals surface area contributed by atoms with E-state index in [2.05, 4.69) is 31.7 Å². The highest BCUT2D eigenvalue weighted by Gasteiger charge is 2.24. The molecule has 0 spiro atoms. The van der Waals surface area contributed by atoms with Gasteiger partial charge in [0.2, 0.25) is 0 Å². The molecule has 0 saturated carbocycles. The maximum atomic E-state index is 11.6. The summed E-state index contributed by atoms with van der Waals surface area (Å²) in [7, 11) is -14.1. The van der Waals surface area contributed by atoms with E-state index in [-0.39, 0.29) is 62.5 Å². The van der Waals surface area contributed by atoms with Crippen molar-refractivity contribution in [1.29, 1.82) is 0 Å². The van der Waals surface area contributed by atoms with Gasteiger partial charge in [0.05, 0.1) is 60.0 Å². The minimum atomic E-state index is -4.19. The SMILES string of the molecule is Cc1ccc(OCCN(CCS(=O)(=O)O)CCS(=O)(=O)O)c(N2CCOCC2)c1.O=S1(=O)CCN(c2ccc(OCCO)cc2)CC1.O=S1(=O)CCN(c2ccc(OCCOc3ccc(N4CCCCC4)cc3)cc2)CC1. The Morgan fingerprint density at radius 3 is 1.34 bits per heavy atom. The van der Waals surface area contributed by atoms with Gasteiger partial charge in [-0.15, -0.1) is 0 Å². The fraction of sp³-hybridized carbons (Fsp3) is 0.538. The molecule has 4 aromatic carbocycles. The Bertz CT molecular complexity index is 2810. The van der Waals surface area contributed by atoms with Gasteiger partial charge in [0.15, 0.2) is 19.7 Å². The maximum Gasteiger partial charge on any atom is 0.266 e. The molecule has 4 aliphatic heterocycles. The molecule has 77 heavy (non-hydrogen) atoms. The van der Waals surface area contributed by atoms with E-state index < -0.39 is 51.4 Å². The van der Waals surface area contributed by atoms with Gasteiger partial charge in [-0.3, -0.25) is 14.0 Å². The zero-order valence-corrected chi connectivity index (χ0v) is 47.0. The minimum absolute atomic E-state index is 0.00820. The number of rotatable bonds is 22. The molecule has 0 radical (unpaired) electrons. The number of benzene rings is 4. The Morgan fingerprint density at radius 1 is 0.506 bits per heavy atom. The van der Waals surface area contributed by atoms with Crippen LogP contribution in [0.15, 0.2) is 91.0 Å². The number of ether oxygens (including phenoxy) is 5. The zero-order valence-electron chi connectivity index (χ0n) is 43.8. The minimum Gasteiger partial charge on any atom is -0.491 e. The second-order valence-electron chi connectivity index (χ2n) is 18.9. The Balaban J connectivity index is 0.000000193. The number of sulfone groups is 2. The van der Waals surface area contributed by atoms with Crippen LogP contribution in [0.2, 0.25) is 0 Å². The van der Waals surface area contributed by atoms with Gasteiger partial charge in [-0.25, -0.2) is 16.8 Å². The van der Waals surface area contributed by atoms with Crippen molar-refractivity contribution in [3.05, 3.63) is 96.6 Å². The molecule has 0 aliphatic carbocycles. The van der Waals surface area contributed by atoms with Crippen LogP contribution in [-0.2, 0) is 44.6 Å². The van der Waals surface area contributed by atoms with Crippen LogP contribution in [-0.4, -0.2) is 206 Å². The van der Waals surface area contributed by atoms with Gasteiger partial charge in [0.25, 0.3) is 20.2 Å². The van der Waals surface area contributed by atoms with Gasteiger partial charge in [-0.05, 0) is 117 Å². The van der Waals surface area contributed by atoms with Crippen molar-refractivity contribution >= 4 is 62.7 Å². The smallest absolute Gasteiger partial charge is 0.266 e. The number of hydrogen-bond acceptors (Lipinski definition) is 19. The van der Waals surface area contributed by atoms with E-state index in [0.717, 1.165) is 60.3 Å². The first-order valence-electron chi connectivity index (χ1n) is 25.9. The molecule has 0 amide bonds. The second kappa shape index (κ2) is 29.7. The molecule has 0 unspecified atom stereocenters. The lowest BCUT2D eigenvalue weighted by Crippen LogP contribution is -2.40. The van der Waals surface area contributed by atoms with Crippen LogP contribution in [0.1, 0.15) is 24.8 Å². The Hall–Kier alpha value is -5.12. The average Bonchev–Trinajstić information content (AvgIpc) is 3.41. The van der Waals surface area contributed by atoms with Gasteiger partial charge < -0.3 is 48.4 Å².